The van der Waals surface area contributed by atoms with Gasteiger partial charge in [0.05, 0.1) is 11.6 Å². The van der Waals surface area contributed by atoms with E-state index in [4.69, 9.17) is 0 Å². The summed E-state index contributed by atoms with van der Waals surface area (Å²) in [6, 6.07) is 9.56. The fraction of sp³-hybridized carbons (Fsp3) is 0.375. The van der Waals surface area contributed by atoms with E-state index >= 15 is 0 Å². The molecule has 20 heavy (non-hydrogen) atoms. The van der Waals surface area contributed by atoms with Crippen LogP contribution in [0, 0.1) is 0 Å². The molecule has 1 aromatic carbocycles. The normalized spacial score (nSPS) is 21.2. The van der Waals surface area contributed by atoms with Gasteiger partial charge in [-0.05, 0) is 26.2 Å². The Morgan fingerprint density at radius 2 is 2.05 bits per heavy atom. The number of nitrogens with zero attached hydrogens (tertiary/aromatic N) is 3. The monoisotopic (exact) mass is 269 g/mol. The summed E-state index contributed by atoms with van der Waals surface area (Å²) in [7, 11) is 4.09. The van der Waals surface area contributed by atoms with Crippen LogP contribution >= 0.6 is 0 Å². The fourth-order valence-electron chi connectivity index (χ4n) is 2.79. The minimum absolute atomic E-state index is 0.0699. The highest BCUT2D eigenvalue weighted by Gasteiger charge is 2.29. The molecule has 1 aliphatic rings. The van der Waals surface area contributed by atoms with Crippen LogP contribution in [0.4, 0.5) is 0 Å². The molecular formula is C16H19N3O. The number of carbonyl (C=O) groups is 1. The van der Waals surface area contributed by atoms with Gasteiger partial charge < -0.3 is 4.90 Å². The molecule has 2 aromatic rings. The van der Waals surface area contributed by atoms with Gasteiger partial charge in [0.25, 0.3) is 0 Å². The van der Waals surface area contributed by atoms with Gasteiger partial charge in [0.2, 0.25) is 0 Å². The maximum atomic E-state index is 12.9. The molecule has 2 heterocycles. The first-order valence-electron chi connectivity index (χ1n) is 6.93. The number of aromatic nitrogens is 1. The van der Waals surface area contributed by atoms with Crippen molar-refractivity contribution in [1.82, 2.24) is 14.8 Å². The Kier molecular flexibility index (Phi) is 3.51. The number of benzene rings is 1. The van der Waals surface area contributed by atoms with E-state index < -0.39 is 0 Å². The van der Waals surface area contributed by atoms with Crippen LogP contribution in [0.25, 0.3) is 10.9 Å². The molecule has 4 nitrogen and oxygen atoms in total. The van der Waals surface area contributed by atoms with Gasteiger partial charge in [0, 0.05) is 36.8 Å². The van der Waals surface area contributed by atoms with E-state index in [-0.39, 0.29) is 11.8 Å². The quantitative estimate of drug-likeness (QED) is 0.777. The van der Waals surface area contributed by atoms with E-state index in [1.54, 1.807) is 6.20 Å². The molecule has 1 fully saturated rings. The standard InChI is InChI=1S/C16H19N3O/c1-18-9-10-19(2)15(11-18)16(20)13-5-3-7-14-12(13)6-4-8-17-14/h3-8,15H,9-11H2,1-2H3. The van der Waals surface area contributed by atoms with E-state index in [1.807, 2.05) is 37.4 Å². The van der Waals surface area contributed by atoms with Gasteiger partial charge in [-0.1, -0.05) is 18.2 Å². The average molecular weight is 269 g/mol. The minimum atomic E-state index is -0.0699. The Balaban J connectivity index is 2.00. The first-order chi connectivity index (χ1) is 9.66. The molecule has 1 saturated heterocycles. The maximum Gasteiger partial charge on any atom is 0.181 e. The number of hydrogen-bond acceptors (Lipinski definition) is 4. The Morgan fingerprint density at radius 3 is 2.90 bits per heavy atom. The topological polar surface area (TPSA) is 36.4 Å². The predicted molar refractivity (Wildman–Crippen MR) is 80.0 cm³/mol. The van der Waals surface area contributed by atoms with Crippen LogP contribution in [0.15, 0.2) is 36.5 Å². The van der Waals surface area contributed by atoms with Crippen molar-refractivity contribution in [3.8, 4) is 0 Å². The third-order valence-electron chi connectivity index (χ3n) is 4.06. The second-order valence-electron chi connectivity index (χ2n) is 5.50. The molecule has 1 aliphatic heterocycles. The second kappa shape index (κ2) is 5.31. The third kappa shape index (κ3) is 2.32. The lowest BCUT2D eigenvalue weighted by molar-refractivity contribution is 0.0688. The highest BCUT2D eigenvalue weighted by atomic mass is 16.1. The van der Waals surface area contributed by atoms with Crippen molar-refractivity contribution in [1.29, 1.82) is 0 Å². The summed E-state index contributed by atoms with van der Waals surface area (Å²) in [4.78, 5) is 21.6. The SMILES string of the molecule is CN1CCN(C)C(C(=O)c2cccc3ncccc23)C1. The molecule has 4 heteroatoms. The molecule has 1 unspecified atom stereocenters. The zero-order valence-corrected chi connectivity index (χ0v) is 11.9. The third-order valence-corrected chi connectivity index (χ3v) is 4.06. The Bertz CT molecular complexity index is 635. The highest BCUT2D eigenvalue weighted by Crippen LogP contribution is 2.20. The molecule has 0 bridgehead atoms. The van der Waals surface area contributed by atoms with E-state index in [9.17, 15) is 4.79 Å². The summed E-state index contributed by atoms with van der Waals surface area (Å²) in [6.07, 6.45) is 1.76. The molecule has 0 spiro atoms. The van der Waals surface area contributed by atoms with E-state index in [0.717, 1.165) is 36.1 Å². The van der Waals surface area contributed by atoms with E-state index in [2.05, 4.69) is 21.8 Å². The van der Waals surface area contributed by atoms with Crippen molar-refractivity contribution in [2.75, 3.05) is 33.7 Å². The summed E-state index contributed by atoms with van der Waals surface area (Å²) in [6.45, 7) is 2.72. The Morgan fingerprint density at radius 1 is 1.20 bits per heavy atom. The van der Waals surface area contributed by atoms with Crippen LogP contribution in [0.2, 0.25) is 0 Å². The van der Waals surface area contributed by atoms with Crippen molar-refractivity contribution in [3.05, 3.63) is 42.1 Å². The zero-order valence-electron chi connectivity index (χ0n) is 11.9. The van der Waals surface area contributed by atoms with Crippen LogP contribution < -0.4 is 0 Å². The first-order valence-corrected chi connectivity index (χ1v) is 6.93. The van der Waals surface area contributed by atoms with Gasteiger partial charge in [-0.25, -0.2) is 0 Å². The minimum Gasteiger partial charge on any atom is -0.303 e. The number of likely N-dealkylation sites (N-methyl/N-ethyl adjacent to an activating group) is 2. The number of hydrogen-bond donors (Lipinski definition) is 0. The molecule has 0 amide bonds. The summed E-state index contributed by atoms with van der Waals surface area (Å²) in [5, 5.41) is 0.946. The molecule has 0 radical (unpaired) electrons. The van der Waals surface area contributed by atoms with Gasteiger partial charge in [-0.2, -0.15) is 0 Å². The molecule has 104 valence electrons. The fourth-order valence-corrected chi connectivity index (χ4v) is 2.79. The number of piperazine rings is 1. The largest absolute Gasteiger partial charge is 0.303 e. The second-order valence-corrected chi connectivity index (χ2v) is 5.50. The van der Waals surface area contributed by atoms with Crippen LogP contribution in [0.1, 0.15) is 10.4 Å². The number of Topliss-reactive ketones (excluding diaryl/α,β-unsaturated/α-hetero) is 1. The highest BCUT2D eigenvalue weighted by molar-refractivity contribution is 6.09. The van der Waals surface area contributed by atoms with Gasteiger partial charge in [0.1, 0.15) is 0 Å². The zero-order chi connectivity index (χ0) is 14.1. The predicted octanol–water partition coefficient (Wildman–Crippen LogP) is 1.66. The number of rotatable bonds is 2. The van der Waals surface area contributed by atoms with E-state index in [1.165, 1.54) is 0 Å². The summed E-state index contributed by atoms with van der Waals surface area (Å²) < 4.78 is 0. The van der Waals surface area contributed by atoms with Crippen LogP contribution in [-0.4, -0.2) is 60.3 Å². The van der Waals surface area contributed by atoms with Crippen molar-refractivity contribution in [3.63, 3.8) is 0 Å². The molecule has 1 aromatic heterocycles. The number of carbonyl (C=O) groups excluding carboxylic acids is 1. The molecule has 3 rings (SSSR count). The maximum absolute atomic E-state index is 12.9. The smallest absolute Gasteiger partial charge is 0.181 e. The lowest BCUT2D eigenvalue weighted by Gasteiger charge is -2.36. The van der Waals surface area contributed by atoms with Gasteiger partial charge in [-0.15, -0.1) is 0 Å². The van der Waals surface area contributed by atoms with Crippen molar-refractivity contribution >= 4 is 16.7 Å². The Hall–Kier alpha value is -1.78. The van der Waals surface area contributed by atoms with Gasteiger partial charge in [-0.3, -0.25) is 14.7 Å². The average Bonchev–Trinajstić information content (AvgIpc) is 2.48. The molecule has 0 saturated carbocycles. The van der Waals surface area contributed by atoms with Crippen LogP contribution in [0.3, 0.4) is 0 Å². The van der Waals surface area contributed by atoms with Crippen molar-refractivity contribution in [2.45, 2.75) is 6.04 Å². The van der Waals surface area contributed by atoms with Gasteiger partial charge >= 0.3 is 0 Å². The lowest BCUT2D eigenvalue weighted by atomic mass is 9.97. The van der Waals surface area contributed by atoms with Crippen molar-refractivity contribution in [2.24, 2.45) is 0 Å². The lowest BCUT2D eigenvalue weighted by Crippen LogP contribution is -2.53. The Labute approximate surface area is 119 Å². The summed E-state index contributed by atoms with van der Waals surface area (Å²) >= 11 is 0. The first kappa shape index (κ1) is 13.2. The molecular weight excluding hydrogens is 250 g/mol. The van der Waals surface area contributed by atoms with Crippen LogP contribution in [-0.2, 0) is 0 Å². The number of fused-ring (bicyclic) bond motifs is 1. The van der Waals surface area contributed by atoms with E-state index in [0.29, 0.717) is 0 Å². The molecule has 1 atom stereocenters. The summed E-state index contributed by atoms with van der Waals surface area (Å²) in [5.41, 5.74) is 1.66. The molecule has 0 N–H and O–H groups in total. The molecule has 0 aliphatic carbocycles. The number of pyridine rings is 1. The van der Waals surface area contributed by atoms with Crippen LogP contribution in [0.5, 0.6) is 0 Å². The van der Waals surface area contributed by atoms with Crippen molar-refractivity contribution < 1.29 is 4.79 Å². The number of ketones is 1. The summed E-state index contributed by atoms with van der Waals surface area (Å²) in [5.74, 6) is 0.192. The van der Waals surface area contributed by atoms with Gasteiger partial charge in [0.15, 0.2) is 5.78 Å².